The predicted octanol–water partition coefficient (Wildman–Crippen LogP) is 2.55. The van der Waals surface area contributed by atoms with Gasteiger partial charge in [0.2, 0.25) is 5.91 Å². The molecular weight excluding hydrogens is 302 g/mol. The smallest absolute Gasteiger partial charge is 0.224 e. The summed E-state index contributed by atoms with van der Waals surface area (Å²) < 4.78 is 1.86. The molecule has 2 N–H and O–H groups in total. The first-order chi connectivity index (χ1) is 11.2. The number of aryl methyl sites for hydroxylation is 1. The van der Waals surface area contributed by atoms with E-state index in [0.29, 0.717) is 0 Å². The normalized spacial score (nSPS) is 13.8. The Morgan fingerprint density at radius 1 is 1.29 bits per heavy atom. The average molecular weight is 329 g/mol. The number of nitrogens with one attached hydrogen (secondary N) is 1. The van der Waals surface area contributed by atoms with E-state index >= 15 is 0 Å². The van der Waals surface area contributed by atoms with Gasteiger partial charge in [-0.15, -0.1) is 0 Å². The maximum Gasteiger partial charge on any atom is 0.224 e. The van der Waals surface area contributed by atoms with Crippen molar-refractivity contribution in [2.24, 2.45) is 5.92 Å². The number of carbonyl (C=O) groups excluding carboxylic acids is 1. The lowest BCUT2D eigenvalue weighted by Gasteiger charge is -2.27. The molecule has 130 valence electrons. The van der Waals surface area contributed by atoms with E-state index in [9.17, 15) is 9.90 Å². The number of amides is 1. The fraction of sp³-hybridized carbons (Fsp3) is 0.474. The molecule has 5 heteroatoms. The summed E-state index contributed by atoms with van der Waals surface area (Å²) in [6, 6.07) is 9.87. The summed E-state index contributed by atoms with van der Waals surface area (Å²) in [6.07, 6.45) is 0.263. The fourth-order valence-corrected chi connectivity index (χ4v) is 2.46. The molecule has 1 unspecified atom stereocenters. The number of nitrogens with zero attached hydrogens (tertiary/aromatic N) is 2. The third kappa shape index (κ3) is 4.03. The minimum atomic E-state index is -0.909. The van der Waals surface area contributed by atoms with Crippen LogP contribution in [0.15, 0.2) is 30.3 Å². The van der Waals surface area contributed by atoms with Gasteiger partial charge >= 0.3 is 0 Å². The number of aromatic nitrogens is 2. The van der Waals surface area contributed by atoms with Crippen molar-refractivity contribution >= 4 is 5.91 Å². The quantitative estimate of drug-likeness (QED) is 0.856. The Morgan fingerprint density at radius 2 is 1.92 bits per heavy atom. The molecule has 1 heterocycles. The summed E-state index contributed by atoms with van der Waals surface area (Å²) in [4.78, 5) is 12.3. The van der Waals surface area contributed by atoms with Crippen LogP contribution in [0.1, 0.15) is 37.7 Å². The van der Waals surface area contributed by atoms with Crippen LogP contribution in [0.3, 0.4) is 0 Å². The Balaban J connectivity index is 2.11. The Labute approximate surface area is 143 Å². The van der Waals surface area contributed by atoms with Gasteiger partial charge in [0, 0.05) is 17.8 Å². The Hall–Kier alpha value is -2.14. The van der Waals surface area contributed by atoms with Crippen LogP contribution in [0.4, 0.5) is 0 Å². The Bertz CT molecular complexity index is 703. The minimum absolute atomic E-state index is 0.0714. The number of rotatable bonds is 6. The van der Waals surface area contributed by atoms with Gasteiger partial charge < -0.3 is 10.4 Å². The lowest BCUT2D eigenvalue weighted by Crippen LogP contribution is -2.44. The zero-order valence-corrected chi connectivity index (χ0v) is 15.1. The lowest BCUT2D eigenvalue weighted by atomic mass is 9.92. The largest absolute Gasteiger partial charge is 0.388 e. The number of aliphatic hydroxyl groups is 1. The Kier molecular flexibility index (Phi) is 5.44. The van der Waals surface area contributed by atoms with Crippen LogP contribution < -0.4 is 5.32 Å². The molecule has 5 nitrogen and oxygen atoms in total. The highest BCUT2D eigenvalue weighted by atomic mass is 16.3. The van der Waals surface area contributed by atoms with E-state index in [1.165, 1.54) is 0 Å². The van der Waals surface area contributed by atoms with Crippen molar-refractivity contribution in [1.29, 1.82) is 0 Å². The van der Waals surface area contributed by atoms with Gasteiger partial charge in [-0.25, -0.2) is 4.68 Å². The van der Waals surface area contributed by atoms with Crippen LogP contribution >= 0.6 is 0 Å². The molecule has 1 aromatic heterocycles. The maximum absolute atomic E-state index is 12.3. The molecule has 1 aromatic carbocycles. The highest BCUT2D eigenvalue weighted by Crippen LogP contribution is 2.19. The van der Waals surface area contributed by atoms with Crippen LogP contribution in [0.2, 0.25) is 0 Å². The van der Waals surface area contributed by atoms with Gasteiger partial charge in [-0.1, -0.05) is 32.0 Å². The van der Waals surface area contributed by atoms with E-state index in [1.54, 1.807) is 6.92 Å². The van der Waals surface area contributed by atoms with Crippen LogP contribution in [0, 0.1) is 19.8 Å². The van der Waals surface area contributed by atoms with Crippen LogP contribution in [-0.4, -0.2) is 32.9 Å². The van der Waals surface area contributed by atoms with Crippen molar-refractivity contribution in [3.05, 3.63) is 47.3 Å². The summed E-state index contributed by atoms with van der Waals surface area (Å²) >= 11 is 0. The topological polar surface area (TPSA) is 67.2 Å². The van der Waals surface area contributed by atoms with Gasteiger partial charge in [-0.2, -0.15) is 5.10 Å². The lowest BCUT2D eigenvalue weighted by molar-refractivity contribution is -0.122. The highest BCUT2D eigenvalue weighted by molar-refractivity contribution is 5.79. The van der Waals surface area contributed by atoms with E-state index < -0.39 is 5.60 Å². The summed E-state index contributed by atoms with van der Waals surface area (Å²) in [5.74, 6) is -0.0307. The monoisotopic (exact) mass is 329 g/mol. The molecule has 2 rings (SSSR count). The van der Waals surface area contributed by atoms with Crippen LogP contribution in [0.5, 0.6) is 0 Å². The first kappa shape index (κ1) is 18.2. The summed E-state index contributed by atoms with van der Waals surface area (Å²) in [5, 5.41) is 17.6. The third-order valence-electron chi connectivity index (χ3n) is 4.67. The van der Waals surface area contributed by atoms with Gasteiger partial charge in [0.25, 0.3) is 0 Å². The minimum Gasteiger partial charge on any atom is -0.388 e. The highest BCUT2D eigenvalue weighted by Gasteiger charge is 2.25. The molecule has 2 aromatic rings. The van der Waals surface area contributed by atoms with Crippen molar-refractivity contribution in [2.45, 2.75) is 46.6 Å². The van der Waals surface area contributed by atoms with E-state index in [0.717, 1.165) is 22.6 Å². The summed E-state index contributed by atoms with van der Waals surface area (Å²) in [7, 11) is 0. The number of hydrogen-bond acceptors (Lipinski definition) is 3. The van der Waals surface area contributed by atoms with Crippen molar-refractivity contribution < 1.29 is 9.90 Å². The second-order valence-electron chi connectivity index (χ2n) is 6.86. The second-order valence-corrected chi connectivity index (χ2v) is 6.86. The molecule has 0 aliphatic carbocycles. The SMILES string of the molecule is Cc1nn(-c2ccccc2)c(C)c1CC(=O)NCC(C)(O)C(C)C. The number of para-hydroxylation sites is 1. The first-order valence-corrected chi connectivity index (χ1v) is 8.32. The van der Waals surface area contributed by atoms with Crippen molar-refractivity contribution in [1.82, 2.24) is 15.1 Å². The van der Waals surface area contributed by atoms with Gasteiger partial charge in [-0.3, -0.25) is 4.79 Å². The zero-order chi connectivity index (χ0) is 17.9. The van der Waals surface area contributed by atoms with Gasteiger partial charge in [0.05, 0.1) is 23.4 Å². The second kappa shape index (κ2) is 7.18. The molecule has 0 spiro atoms. The van der Waals surface area contributed by atoms with Crippen molar-refractivity contribution in [3.8, 4) is 5.69 Å². The summed E-state index contributed by atoms with van der Waals surface area (Å²) in [6.45, 7) is 9.74. The number of benzene rings is 1. The van der Waals surface area contributed by atoms with Crippen LogP contribution in [-0.2, 0) is 11.2 Å². The molecule has 24 heavy (non-hydrogen) atoms. The molecule has 0 saturated carbocycles. The molecule has 1 amide bonds. The van der Waals surface area contributed by atoms with Gasteiger partial charge in [0.15, 0.2) is 0 Å². The molecule has 0 aliphatic rings. The average Bonchev–Trinajstić information content (AvgIpc) is 2.82. The number of hydrogen-bond donors (Lipinski definition) is 2. The number of carbonyl (C=O) groups is 1. The molecule has 0 radical (unpaired) electrons. The van der Waals surface area contributed by atoms with Gasteiger partial charge in [-0.05, 0) is 38.8 Å². The standard InChI is InChI=1S/C19H27N3O2/c1-13(2)19(5,24)12-20-18(23)11-17-14(3)21-22(15(17)4)16-9-7-6-8-10-16/h6-10,13,24H,11-12H2,1-5H3,(H,20,23). The fourth-order valence-electron chi connectivity index (χ4n) is 2.46. The predicted molar refractivity (Wildman–Crippen MR) is 95.2 cm³/mol. The van der Waals surface area contributed by atoms with Gasteiger partial charge in [0.1, 0.15) is 0 Å². The summed E-state index contributed by atoms with van der Waals surface area (Å²) in [5.41, 5.74) is 2.81. The van der Waals surface area contributed by atoms with E-state index in [1.807, 2.05) is 62.7 Å². The van der Waals surface area contributed by atoms with Crippen molar-refractivity contribution in [2.75, 3.05) is 6.54 Å². The molecule has 0 saturated heterocycles. The first-order valence-electron chi connectivity index (χ1n) is 8.32. The molecule has 0 aliphatic heterocycles. The van der Waals surface area contributed by atoms with Crippen LogP contribution in [0.25, 0.3) is 5.69 Å². The van der Waals surface area contributed by atoms with E-state index in [-0.39, 0.29) is 24.8 Å². The third-order valence-corrected chi connectivity index (χ3v) is 4.67. The van der Waals surface area contributed by atoms with E-state index in [4.69, 9.17) is 0 Å². The Morgan fingerprint density at radius 3 is 2.50 bits per heavy atom. The molecule has 0 fully saturated rings. The molecule has 1 atom stereocenters. The molecular formula is C19H27N3O2. The van der Waals surface area contributed by atoms with Crippen molar-refractivity contribution in [3.63, 3.8) is 0 Å². The zero-order valence-electron chi connectivity index (χ0n) is 15.1. The van der Waals surface area contributed by atoms with E-state index in [2.05, 4.69) is 10.4 Å². The molecule has 0 bridgehead atoms. The maximum atomic E-state index is 12.3.